The Labute approximate surface area is 113 Å². The first-order valence-electron chi connectivity index (χ1n) is 7.17. The lowest BCUT2D eigenvalue weighted by Gasteiger charge is -2.28. The minimum absolute atomic E-state index is 0.840. The maximum Gasteiger partial charge on any atom is 0.158 e. The van der Waals surface area contributed by atoms with Gasteiger partial charge in [0.05, 0.1) is 5.69 Å². The van der Waals surface area contributed by atoms with Gasteiger partial charge in [-0.3, -0.25) is 4.68 Å². The largest absolute Gasteiger partial charge is 0.355 e. The van der Waals surface area contributed by atoms with Crippen LogP contribution in [-0.2, 0) is 6.54 Å². The van der Waals surface area contributed by atoms with Gasteiger partial charge in [-0.1, -0.05) is 0 Å². The maximum atomic E-state index is 4.70. The third-order valence-corrected chi connectivity index (χ3v) is 3.80. The fourth-order valence-corrected chi connectivity index (χ4v) is 2.88. The van der Waals surface area contributed by atoms with Gasteiger partial charge in [0.2, 0.25) is 0 Å². The van der Waals surface area contributed by atoms with Gasteiger partial charge in [-0.2, -0.15) is 5.10 Å². The lowest BCUT2D eigenvalue weighted by Crippen LogP contribution is -2.31. The van der Waals surface area contributed by atoms with Crippen LogP contribution in [0.15, 0.2) is 0 Å². The van der Waals surface area contributed by atoms with E-state index in [1.807, 2.05) is 18.5 Å². The molecule has 5 nitrogen and oxygen atoms in total. The normalized spacial score (nSPS) is 16.3. The molecule has 0 amide bonds. The highest BCUT2D eigenvalue weighted by atomic mass is 15.3. The molecule has 1 saturated heterocycles. The zero-order chi connectivity index (χ0) is 13.4. The second-order valence-electron chi connectivity index (χ2n) is 5.24. The molecular formula is C14H21N5. The molecule has 0 atom stereocenters. The highest BCUT2D eigenvalue weighted by Gasteiger charge is 2.20. The topological polar surface area (TPSA) is 46.8 Å². The van der Waals surface area contributed by atoms with E-state index < -0.39 is 0 Å². The summed E-state index contributed by atoms with van der Waals surface area (Å²) in [5, 5.41) is 4.59. The Balaban J connectivity index is 2.20. The molecular weight excluding hydrogens is 238 g/mol. The average molecular weight is 259 g/mol. The summed E-state index contributed by atoms with van der Waals surface area (Å²) >= 11 is 0. The first kappa shape index (κ1) is 12.4. The Morgan fingerprint density at radius 3 is 2.47 bits per heavy atom. The molecule has 3 heterocycles. The quantitative estimate of drug-likeness (QED) is 0.831. The maximum absolute atomic E-state index is 4.70. The Kier molecular flexibility index (Phi) is 3.12. The van der Waals surface area contributed by atoms with Crippen molar-refractivity contribution in [3.63, 3.8) is 0 Å². The Morgan fingerprint density at radius 1 is 1.05 bits per heavy atom. The van der Waals surface area contributed by atoms with Gasteiger partial charge >= 0.3 is 0 Å². The van der Waals surface area contributed by atoms with Gasteiger partial charge in [-0.25, -0.2) is 9.97 Å². The van der Waals surface area contributed by atoms with Crippen LogP contribution in [0.2, 0.25) is 0 Å². The van der Waals surface area contributed by atoms with Crippen molar-refractivity contribution in [2.24, 2.45) is 0 Å². The standard InChI is InChI=1S/C14H21N5/c1-4-19-13-12(10(2)17-19)15-11(3)16-14(13)18-8-6-5-7-9-18/h4-9H2,1-3H3. The van der Waals surface area contributed by atoms with Crippen LogP contribution in [0.25, 0.3) is 11.0 Å². The van der Waals surface area contributed by atoms with Crippen LogP contribution >= 0.6 is 0 Å². The molecule has 2 aromatic heterocycles. The van der Waals surface area contributed by atoms with Crippen molar-refractivity contribution in [2.75, 3.05) is 18.0 Å². The van der Waals surface area contributed by atoms with Crippen LogP contribution in [0, 0.1) is 13.8 Å². The third kappa shape index (κ3) is 2.07. The summed E-state index contributed by atoms with van der Waals surface area (Å²) in [7, 11) is 0. The lowest BCUT2D eigenvalue weighted by atomic mass is 10.1. The molecule has 5 heteroatoms. The van der Waals surface area contributed by atoms with Crippen LogP contribution in [-0.4, -0.2) is 32.8 Å². The number of hydrogen-bond donors (Lipinski definition) is 0. The Hall–Kier alpha value is -1.65. The Bertz CT molecular complexity index is 595. The van der Waals surface area contributed by atoms with Crippen LogP contribution in [0.4, 0.5) is 5.82 Å². The molecule has 0 unspecified atom stereocenters. The number of fused-ring (bicyclic) bond motifs is 1. The highest BCUT2D eigenvalue weighted by molar-refractivity contribution is 5.88. The number of hydrogen-bond acceptors (Lipinski definition) is 4. The van der Waals surface area contributed by atoms with Crippen molar-refractivity contribution in [1.29, 1.82) is 0 Å². The Morgan fingerprint density at radius 2 is 1.79 bits per heavy atom. The monoisotopic (exact) mass is 259 g/mol. The summed E-state index contributed by atoms with van der Waals surface area (Å²) in [5.41, 5.74) is 3.11. The molecule has 1 aliphatic heterocycles. The van der Waals surface area contributed by atoms with E-state index in [0.29, 0.717) is 0 Å². The molecule has 0 saturated carbocycles. The number of piperidine rings is 1. The SMILES string of the molecule is CCn1nc(C)c2nc(C)nc(N3CCCCC3)c21. The lowest BCUT2D eigenvalue weighted by molar-refractivity contribution is 0.571. The first-order chi connectivity index (χ1) is 9.20. The van der Waals surface area contributed by atoms with Crippen LogP contribution in [0.3, 0.4) is 0 Å². The van der Waals surface area contributed by atoms with Crippen molar-refractivity contribution < 1.29 is 0 Å². The molecule has 0 aliphatic carbocycles. The van der Waals surface area contributed by atoms with Crippen LogP contribution in [0.1, 0.15) is 37.7 Å². The summed E-state index contributed by atoms with van der Waals surface area (Å²) in [6.07, 6.45) is 3.84. The number of anilines is 1. The predicted octanol–water partition coefficient (Wildman–Crippen LogP) is 2.45. The second-order valence-corrected chi connectivity index (χ2v) is 5.24. The van der Waals surface area contributed by atoms with Crippen molar-refractivity contribution in [1.82, 2.24) is 19.7 Å². The zero-order valence-electron chi connectivity index (χ0n) is 12.0. The minimum atomic E-state index is 0.840. The molecule has 0 aromatic carbocycles. The van der Waals surface area contributed by atoms with Crippen molar-refractivity contribution >= 4 is 16.9 Å². The second kappa shape index (κ2) is 4.79. The van der Waals surface area contributed by atoms with Gasteiger partial charge in [-0.05, 0) is 40.0 Å². The van der Waals surface area contributed by atoms with Gasteiger partial charge in [0, 0.05) is 19.6 Å². The first-order valence-corrected chi connectivity index (χ1v) is 7.17. The van der Waals surface area contributed by atoms with Gasteiger partial charge in [0.1, 0.15) is 16.9 Å². The van der Waals surface area contributed by atoms with E-state index in [2.05, 4.69) is 21.9 Å². The summed E-state index contributed by atoms with van der Waals surface area (Å²) in [4.78, 5) is 11.7. The van der Waals surface area contributed by atoms with Crippen molar-refractivity contribution in [3.8, 4) is 0 Å². The molecule has 0 radical (unpaired) electrons. The van der Waals surface area contributed by atoms with E-state index in [9.17, 15) is 0 Å². The van der Waals surface area contributed by atoms with Gasteiger partial charge in [-0.15, -0.1) is 0 Å². The molecule has 0 bridgehead atoms. The van der Waals surface area contributed by atoms with Gasteiger partial charge in [0.25, 0.3) is 0 Å². The van der Waals surface area contributed by atoms with E-state index in [1.54, 1.807) is 0 Å². The van der Waals surface area contributed by atoms with Crippen LogP contribution < -0.4 is 4.90 Å². The molecule has 0 spiro atoms. The summed E-state index contributed by atoms with van der Waals surface area (Å²) < 4.78 is 2.04. The molecule has 1 fully saturated rings. The summed E-state index contributed by atoms with van der Waals surface area (Å²) in [6, 6.07) is 0. The predicted molar refractivity (Wildman–Crippen MR) is 76.5 cm³/mol. The fourth-order valence-electron chi connectivity index (χ4n) is 2.88. The van der Waals surface area contributed by atoms with E-state index in [4.69, 9.17) is 4.98 Å². The fraction of sp³-hybridized carbons (Fsp3) is 0.643. The molecule has 102 valence electrons. The number of rotatable bonds is 2. The van der Waals surface area contributed by atoms with E-state index >= 15 is 0 Å². The zero-order valence-corrected chi connectivity index (χ0v) is 12.0. The minimum Gasteiger partial charge on any atom is -0.355 e. The van der Waals surface area contributed by atoms with Crippen molar-refractivity contribution in [3.05, 3.63) is 11.5 Å². The van der Waals surface area contributed by atoms with Gasteiger partial charge in [0.15, 0.2) is 5.82 Å². The number of nitrogens with zero attached hydrogens (tertiary/aromatic N) is 5. The van der Waals surface area contributed by atoms with Gasteiger partial charge < -0.3 is 4.90 Å². The number of aryl methyl sites for hydroxylation is 3. The molecule has 1 aliphatic rings. The van der Waals surface area contributed by atoms with E-state index in [0.717, 1.165) is 48.0 Å². The summed E-state index contributed by atoms with van der Waals surface area (Å²) in [5.74, 6) is 1.91. The molecule has 2 aromatic rings. The average Bonchev–Trinajstić information content (AvgIpc) is 2.76. The molecule has 0 N–H and O–H groups in total. The smallest absolute Gasteiger partial charge is 0.158 e. The third-order valence-electron chi connectivity index (χ3n) is 3.80. The van der Waals surface area contributed by atoms with E-state index in [-0.39, 0.29) is 0 Å². The highest BCUT2D eigenvalue weighted by Crippen LogP contribution is 2.28. The molecule has 3 rings (SSSR count). The number of aromatic nitrogens is 4. The molecule has 19 heavy (non-hydrogen) atoms. The van der Waals surface area contributed by atoms with E-state index in [1.165, 1.54) is 19.3 Å². The van der Waals surface area contributed by atoms with Crippen LogP contribution in [0.5, 0.6) is 0 Å². The van der Waals surface area contributed by atoms with Crippen molar-refractivity contribution in [2.45, 2.75) is 46.6 Å². The summed E-state index contributed by atoms with van der Waals surface area (Å²) in [6.45, 7) is 9.17.